The fraction of sp³-hybridized carbons (Fsp3) is 0.700. The molecule has 1 amide bonds. The molecule has 2 heterocycles. The minimum atomic E-state index is -0.123. The highest BCUT2D eigenvalue weighted by molar-refractivity contribution is 5.84. The quantitative estimate of drug-likeness (QED) is 0.850. The van der Waals surface area contributed by atoms with Gasteiger partial charge in [-0.2, -0.15) is 0 Å². The summed E-state index contributed by atoms with van der Waals surface area (Å²) >= 11 is 0. The van der Waals surface area contributed by atoms with Gasteiger partial charge in [-0.05, 0) is 50.9 Å². The van der Waals surface area contributed by atoms with E-state index in [1.165, 1.54) is 31.4 Å². The first-order valence-corrected chi connectivity index (χ1v) is 9.66. The van der Waals surface area contributed by atoms with Crippen molar-refractivity contribution < 1.29 is 4.79 Å². The van der Waals surface area contributed by atoms with E-state index in [2.05, 4.69) is 40.9 Å². The Morgan fingerprint density at radius 1 is 1.21 bits per heavy atom. The molecular weight excluding hydrogens is 298 g/mol. The summed E-state index contributed by atoms with van der Waals surface area (Å²) < 4.78 is 2.22. The van der Waals surface area contributed by atoms with Gasteiger partial charge in [0.15, 0.2) is 0 Å². The smallest absolute Gasteiger partial charge is 0.229 e. The number of rotatable bonds is 4. The maximum Gasteiger partial charge on any atom is 0.229 e. The van der Waals surface area contributed by atoms with Crippen LogP contribution in [0.5, 0.6) is 0 Å². The molecule has 4 heteroatoms. The van der Waals surface area contributed by atoms with Crippen molar-refractivity contribution in [3.63, 3.8) is 0 Å². The first-order valence-electron chi connectivity index (χ1n) is 9.66. The molecule has 0 radical (unpaired) electrons. The van der Waals surface area contributed by atoms with Crippen LogP contribution in [-0.2, 0) is 17.8 Å². The highest BCUT2D eigenvalue weighted by atomic mass is 16.2. The molecule has 1 unspecified atom stereocenters. The minimum absolute atomic E-state index is 0.123. The standard InChI is InChI=1S/C20H31N3O/c1-15(2)18(19-17-12-9-13-23(17)14-21-19)20(24)22-16-10-7-5-3-4-6-8-11-16/h3,5,14-16,18H,4,6-13H2,1-2H3,(H,22,24)/b5-3-/t16?,18-/m1/s1. The second-order valence-electron chi connectivity index (χ2n) is 7.63. The summed E-state index contributed by atoms with van der Waals surface area (Å²) in [6.45, 7) is 5.32. The SMILES string of the molecule is CC(C)[C@@H](C(=O)NC1CC/C=C\CCCC1)c1ncn2c1CCC2. The van der Waals surface area contributed by atoms with E-state index in [1.807, 2.05) is 6.33 Å². The lowest BCUT2D eigenvalue weighted by atomic mass is 9.89. The summed E-state index contributed by atoms with van der Waals surface area (Å²) in [5, 5.41) is 3.35. The van der Waals surface area contributed by atoms with Gasteiger partial charge >= 0.3 is 0 Å². The number of carbonyl (C=O) groups excluding carboxylic acids is 1. The van der Waals surface area contributed by atoms with E-state index < -0.39 is 0 Å². The Morgan fingerprint density at radius 3 is 2.88 bits per heavy atom. The molecule has 2 atom stereocenters. The van der Waals surface area contributed by atoms with E-state index >= 15 is 0 Å². The van der Waals surface area contributed by atoms with Crippen molar-refractivity contribution in [3.05, 3.63) is 29.9 Å². The van der Waals surface area contributed by atoms with Crippen LogP contribution in [0.25, 0.3) is 0 Å². The number of nitrogens with zero attached hydrogens (tertiary/aromatic N) is 2. The zero-order valence-electron chi connectivity index (χ0n) is 15.1. The van der Waals surface area contributed by atoms with Crippen molar-refractivity contribution in [3.8, 4) is 0 Å². The Hall–Kier alpha value is -1.58. The number of carbonyl (C=O) groups is 1. The van der Waals surface area contributed by atoms with Crippen LogP contribution in [0.2, 0.25) is 0 Å². The van der Waals surface area contributed by atoms with E-state index in [0.717, 1.165) is 37.9 Å². The molecule has 0 saturated carbocycles. The van der Waals surface area contributed by atoms with Crippen molar-refractivity contribution in [1.29, 1.82) is 0 Å². The third-order valence-electron chi connectivity index (χ3n) is 5.40. The zero-order chi connectivity index (χ0) is 16.9. The van der Waals surface area contributed by atoms with Gasteiger partial charge in [0.05, 0.1) is 17.9 Å². The Kier molecular flexibility index (Phi) is 5.75. The summed E-state index contributed by atoms with van der Waals surface area (Å²) in [6.07, 6.45) is 15.5. The molecule has 0 spiro atoms. The number of fused-ring (bicyclic) bond motifs is 1. The normalized spacial score (nSPS) is 23.9. The summed E-state index contributed by atoms with van der Waals surface area (Å²) in [6, 6.07) is 0.303. The molecule has 0 aromatic carbocycles. The fourth-order valence-corrected chi connectivity index (χ4v) is 4.07. The minimum Gasteiger partial charge on any atom is -0.353 e. The Bertz CT molecular complexity index is 588. The first kappa shape index (κ1) is 17.2. The zero-order valence-corrected chi connectivity index (χ0v) is 15.1. The number of hydrogen-bond donors (Lipinski definition) is 1. The molecular formula is C20H31N3O. The Balaban J connectivity index is 1.71. The number of allylic oxidation sites excluding steroid dienone is 2. The largest absolute Gasteiger partial charge is 0.353 e. The van der Waals surface area contributed by atoms with Crippen LogP contribution in [0, 0.1) is 5.92 Å². The molecule has 2 aliphatic rings. The van der Waals surface area contributed by atoms with Gasteiger partial charge in [0, 0.05) is 18.3 Å². The fourth-order valence-electron chi connectivity index (χ4n) is 4.07. The number of aromatic nitrogens is 2. The second kappa shape index (κ2) is 8.00. The lowest BCUT2D eigenvalue weighted by Crippen LogP contribution is -2.40. The third-order valence-corrected chi connectivity index (χ3v) is 5.40. The number of hydrogen-bond acceptors (Lipinski definition) is 2. The predicted octanol–water partition coefficient (Wildman–Crippen LogP) is 3.96. The molecule has 3 rings (SSSR count). The number of imidazole rings is 1. The lowest BCUT2D eigenvalue weighted by Gasteiger charge is -2.24. The monoisotopic (exact) mass is 329 g/mol. The maximum atomic E-state index is 13.1. The van der Waals surface area contributed by atoms with Crippen LogP contribution in [-0.4, -0.2) is 21.5 Å². The van der Waals surface area contributed by atoms with Gasteiger partial charge in [-0.25, -0.2) is 4.98 Å². The molecule has 24 heavy (non-hydrogen) atoms. The Morgan fingerprint density at radius 2 is 2.04 bits per heavy atom. The van der Waals surface area contributed by atoms with Gasteiger partial charge in [0.25, 0.3) is 0 Å². The van der Waals surface area contributed by atoms with Crippen LogP contribution in [0.4, 0.5) is 0 Å². The van der Waals surface area contributed by atoms with E-state index in [0.29, 0.717) is 6.04 Å². The summed E-state index contributed by atoms with van der Waals surface area (Å²) in [5.74, 6) is 0.315. The van der Waals surface area contributed by atoms with Gasteiger partial charge in [0.2, 0.25) is 5.91 Å². The number of nitrogens with one attached hydrogen (secondary N) is 1. The lowest BCUT2D eigenvalue weighted by molar-refractivity contribution is -0.124. The molecule has 1 aromatic heterocycles. The van der Waals surface area contributed by atoms with Crippen molar-refractivity contribution in [2.75, 3.05) is 0 Å². The molecule has 132 valence electrons. The van der Waals surface area contributed by atoms with Crippen LogP contribution >= 0.6 is 0 Å². The number of aryl methyl sites for hydroxylation is 1. The van der Waals surface area contributed by atoms with Gasteiger partial charge in [-0.3, -0.25) is 4.79 Å². The van der Waals surface area contributed by atoms with E-state index in [-0.39, 0.29) is 17.7 Å². The average Bonchev–Trinajstić information content (AvgIpc) is 3.15. The highest BCUT2D eigenvalue weighted by Gasteiger charge is 2.31. The topological polar surface area (TPSA) is 46.9 Å². The molecule has 0 saturated heterocycles. The van der Waals surface area contributed by atoms with Crippen molar-refractivity contribution in [1.82, 2.24) is 14.9 Å². The van der Waals surface area contributed by atoms with Crippen molar-refractivity contribution in [2.24, 2.45) is 5.92 Å². The third kappa shape index (κ3) is 3.90. The van der Waals surface area contributed by atoms with Crippen molar-refractivity contribution in [2.45, 2.75) is 83.7 Å². The van der Waals surface area contributed by atoms with E-state index in [4.69, 9.17) is 0 Å². The molecule has 1 N–H and O–H groups in total. The summed E-state index contributed by atoms with van der Waals surface area (Å²) in [4.78, 5) is 17.7. The van der Waals surface area contributed by atoms with Crippen LogP contribution in [0.3, 0.4) is 0 Å². The Labute approximate surface area is 145 Å². The maximum absolute atomic E-state index is 13.1. The van der Waals surface area contributed by atoms with Crippen LogP contribution in [0.1, 0.15) is 76.1 Å². The van der Waals surface area contributed by atoms with Gasteiger partial charge in [-0.1, -0.05) is 32.4 Å². The first-order chi connectivity index (χ1) is 11.7. The van der Waals surface area contributed by atoms with Gasteiger partial charge < -0.3 is 9.88 Å². The van der Waals surface area contributed by atoms with E-state index in [9.17, 15) is 4.79 Å². The summed E-state index contributed by atoms with van der Waals surface area (Å²) in [7, 11) is 0. The van der Waals surface area contributed by atoms with Gasteiger partial charge in [-0.15, -0.1) is 0 Å². The molecule has 4 nitrogen and oxygen atoms in total. The predicted molar refractivity (Wildman–Crippen MR) is 96.9 cm³/mol. The molecule has 1 aliphatic carbocycles. The van der Waals surface area contributed by atoms with Crippen LogP contribution < -0.4 is 5.32 Å². The van der Waals surface area contributed by atoms with E-state index in [1.54, 1.807) is 0 Å². The second-order valence-corrected chi connectivity index (χ2v) is 7.63. The molecule has 1 aliphatic heterocycles. The molecule has 0 fully saturated rings. The molecule has 0 bridgehead atoms. The summed E-state index contributed by atoms with van der Waals surface area (Å²) in [5.41, 5.74) is 2.30. The van der Waals surface area contributed by atoms with Crippen molar-refractivity contribution >= 4 is 5.91 Å². The molecule has 1 aromatic rings. The van der Waals surface area contributed by atoms with Crippen LogP contribution in [0.15, 0.2) is 18.5 Å². The number of amides is 1. The average molecular weight is 329 g/mol. The van der Waals surface area contributed by atoms with Gasteiger partial charge in [0.1, 0.15) is 0 Å². The highest BCUT2D eigenvalue weighted by Crippen LogP contribution is 2.30.